The number of imide groups is 1. The fraction of sp³-hybridized carbons (Fsp3) is 0.481. The van der Waals surface area contributed by atoms with Crippen molar-refractivity contribution in [3.05, 3.63) is 48.0 Å². The second kappa shape index (κ2) is 9.89. The van der Waals surface area contributed by atoms with Crippen LogP contribution in [0.1, 0.15) is 31.7 Å². The number of nitrogens with zero attached hydrogens (tertiary/aromatic N) is 2. The summed E-state index contributed by atoms with van der Waals surface area (Å²) in [5, 5.41) is 13.4. The third-order valence-corrected chi connectivity index (χ3v) is 7.68. The molecule has 3 amide bonds. The number of hydrogen-bond acceptors (Lipinski definition) is 7. The van der Waals surface area contributed by atoms with E-state index in [1.165, 1.54) is 4.90 Å². The SMILES string of the molecule is CCC1(C2CCN(Cc3ccc(OC)cc3O)CC2)NC(=O)N(CC2COc3ccccc3O2)C1=O. The van der Waals surface area contributed by atoms with Crippen molar-refractivity contribution in [1.29, 1.82) is 0 Å². The van der Waals surface area contributed by atoms with Crippen LogP contribution in [0, 0.1) is 5.92 Å². The number of rotatable bonds is 7. The molecule has 0 radical (unpaired) electrons. The third kappa shape index (κ3) is 4.43. The van der Waals surface area contributed by atoms with Gasteiger partial charge in [-0.1, -0.05) is 25.1 Å². The van der Waals surface area contributed by atoms with Gasteiger partial charge in [0.2, 0.25) is 0 Å². The molecule has 3 aliphatic rings. The average Bonchev–Trinajstić information content (AvgIpc) is 3.15. The van der Waals surface area contributed by atoms with Crippen LogP contribution in [0.15, 0.2) is 42.5 Å². The molecule has 192 valence electrons. The lowest BCUT2D eigenvalue weighted by atomic mass is 9.75. The lowest BCUT2D eigenvalue weighted by Gasteiger charge is -2.40. The second-order valence-corrected chi connectivity index (χ2v) is 9.71. The van der Waals surface area contributed by atoms with E-state index in [2.05, 4.69) is 10.2 Å². The predicted molar refractivity (Wildman–Crippen MR) is 132 cm³/mol. The van der Waals surface area contributed by atoms with Crippen LogP contribution in [0.3, 0.4) is 0 Å². The quantitative estimate of drug-likeness (QED) is 0.569. The van der Waals surface area contributed by atoms with Gasteiger partial charge in [-0.3, -0.25) is 14.6 Å². The van der Waals surface area contributed by atoms with Crippen LogP contribution in [0.25, 0.3) is 0 Å². The molecule has 2 saturated heterocycles. The first-order valence-electron chi connectivity index (χ1n) is 12.5. The van der Waals surface area contributed by atoms with Crippen molar-refractivity contribution < 1.29 is 28.9 Å². The number of para-hydroxylation sites is 2. The summed E-state index contributed by atoms with van der Waals surface area (Å²) in [4.78, 5) is 30.2. The molecule has 0 aliphatic carbocycles. The Bertz CT molecular complexity index is 1130. The van der Waals surface area contributed by atoms with E-state index in [0.717, 1.165) is 31.5 Å². The first kappa shape index (κ1) is 24.2. The van der Waals surface area contributed by atoms with Crippen molar-refractivity contribution in [2.75, 3.05) is 33.4 Å². The number of phenolic OH excluding ortho intramolecular Hbond substituents is 1. The van der Waals surface area contributed by atoms with Gasteiger partial charge in [0.15, 0.2) is 17.6 Å². The number of phenols is 1. The maximum Gasteiger partial charge on any atom is 0.325 e. The highest BCUT2D eigenvalue weighted by Gasteiger charge is 2.55. The zero-order valence-corrected chi connectivity index (χ0v) is 20.7. The lowest BCUT2D eigenvalue weighted by Crippen LogP contribution is -2.56. The van der Waals surface area contributed by atoms with Gasteiger partial charge in [-0.05, 0) is 56.5 Å². The molecule has 9 nitrogen and oxygen atoms in total. The van der Waals surface area contributed by atoms with Gasteiger partial charge in [0.1, 0.15) is 23.6 Å². The van der Waals surface area contributed by atoms with Gasteiger partial charge in [0.05, 0.1) is 13.7 Å². The number of ether oxygens (including phenoxy) is 3. The molecule has 36 heavy (non-hydrogen) atoms. The summed E-state index contributed by atoms with van der Waals surface area (Å²) in [7, 11) is 1.57. The number of carbonyl (C=O) groups is 2. The first-order valence-corrected chi connectivity index (χ1v) is 12.5. The third-order valence-electron chi connectivity index (χ3n) is 7.68. The van der Waals surface area contributed by atoms with Gasteiger partial charge in [-0.15, -0.1) is 0 Å². The number of nitrogens with one attached hydrogen (secondary N) is 1. The molecule has 2 aromatic rings. The van der Waals surface area contributed by atoms with Gasteiger partial charge in [0.25, 0.3) is 5.91 Å². The Kier molecular flexibility index (Phi) is 6.66. The number of fused-ring (bicyclic) bond motifs is 1. The molecule has 9 heteroatoms. The molecule has 3 aliphatic heterocycles. The lowest BCUT2D eigenvalue weighted by molar-refractivity contribution is -0.135. The molecular formula is C27H33N3O6. The summed E-state index contributed by atoms with van der Waals surface area (Å²) < 4.78 is 16.9. The molecule has 0 bridgehead atoms. The summed E-state index contributed by atoms with van der Waals surface area (Å²) >= 11 is 0. The Morgan fingerprint density at radius 2 is 1.89 bits per heavy atom. The second-order valence-electron chi connectivity index (χ2n) is 9.71. The van der Waals surface area contributed by atoms with Crippen LogP contribution in [0.5, 0.6) is 23.0 Å². The Balaban J connectivity index is 1.21. The highest BCUT2D eigenvalue weighted by molar-refractivity contribution is 6.07. The fourth-order valence-corrected chi connectivity index (χ4v) is 5.60. The number of likely N-dealkylation sites (tertiary alicyclic amines) is 1. The standard InChI is InChI=1S/C27H33N3O6/c1-3-27(19-10-12-29(13-11-19)15-18-8-9-20(34-2)14-22(18)31)25(32)30(26(33)28-27)16-21-17-35-23-6-4-5-7-24(23)36-21/h4-9,14,19,21,31H,3,10-13,15-17H2,1-2H3,(H,28,33). The molecule has 0 spiro atoms. The van der Waals surface area contributed by atoms with Crippen LogP contribution in [-0.2, 0) is 11.3 Å². The van der Waals surface area contributed by atoms with Gasteiger partial charge in [0, 0.05) is 18.2 Å². The van der Waals surface area contributed by atoms with Crippen molar-refractivity contribution in [2.45, 2.75) is 44.4 Å². The molecule has 0 aromatic heterocycles. The van der Waals surface area contributed by atoms with Crippen molar-refractivity contribution in [3.63, 3.8) is 0 Å². The van der Waals surface area contributed by atoms with Crippen molar-refractivity contribution >= 4 is 11.9 Å². The van der Waals surface area contributed by atoms with Crippen LogP contribution in [0.4, 0.5) is 4.79 Å². The average molecular weight is 496 g/mol. The highest BCUT2D eigenvalue weighted by Crippen LogP contribution is 2.38. The Morgan fingerprint density at radius 3 is 2.58 bits per heavy atom. The molecule has 2 aromatic carbocycles. The summed E-state index contributed by atoms with van der Waals surface area (Å²) in [5.74, 6) is 1.99. The smallest absolute Gasteiger partial charge is 0.325 e. The molecule has 2 N–H and O–H groups in total. The number of amides is 3. The summed E-state index contributed by atoms with van der Waals surface area (Å²) in [5.41, 5.74) is -0.0640. The normalized spacial score (nSPS) is 24.6. The summed E-state index contributed by atoms with van der Waals surface area (Å²) in [6.07, 6.45) is 1.67. The van der Waals surface area contributed by atoms with E-state index in [9.17, 15) is 14.7 Å². The maximum atomic E-state index is 13.7. The molecular weight excluding hydrogens is 462 g/mol. The van der Waals surface area contributed by atoms with Crippen LogP contribution in [0.2, 0.25) is 0 Å². The fourth-order valence-electron chi connectivity index (χ4n) is 5.60. The topological polar surface area (TPSA) is 101 Å². The van der Waals surface area contributed by atoms with Gasteiger partial charge >= 0.3 is 6.03 Å². The minimum Gasteiger partial charge on any atom is -0.507 e. The van der Waals surface area contributed by atoms with E-state index in [4.69, 9.17) is 14.2 Å². The maximum absolute atomic E-state index is 13.7. The molecule has 3 heterocycles. The van der Waals surface area contributed by atoms with Crippen LogP contribution < -0.4 is 19.5 Å². The number of piperidine rings is 1. The Morgan fingerprint density at radius 1 is 1.14 bits per heavy atom. The molecule has 2 atom stereocenters. The molecule has 2 unspecified atom stereocenters. The summed E-state index contributed by atoms with van der Waals surface area (Å²) in [6, 6.07) is 12.4. The zero-order chi connectivity index (χ0) is 25.3. The largest absolute Gasteiger partial charge is 0.507 e. The number of hydrogen-bond donors (Lipinski definition) is 2. The van der Waals surface area contributed by atoms with Crippen molar-refractivity contribution in [3.8, 4) is 23.0 Å². The zero-order valence-electron chi connectivity index (χ0n) is 20.7. The number of urea groups is 1. The molecule has 5 rings (SSSR count). The van der Waals surface area contributed by atoms with Gasteiger partial charge in [-0.2, -0.15) is 0 Å². The molecule has 0 saturated carbocycles. The number of aromatic hydroxyl groups is 1. The van der Waals surface area contributed by atoms with E-state index in [0.29, 0.717) is 30.2 Å². The van der Waals surface area contributed by atoms with E-state index in [-0.39, 0.29) is 36.8 Å². The van der Waals surface area contributed by atoms with Crippen molar-refractivity contribution in [2.24, 2.45) is 5.92 Å². The Labute approximate surface area is 210 Å². The van der Waals surface area contributed by atoms with E-state index < -0.39 is 11.6 Å². The van der Waals surface area contributed by atoms with E-state index >= 15 is 0 Å². The minimum atomic E-state index is -0.904. The molecule has 2 fully saturated rings. The van der Waals surface area contributed by atoms with E-state index in [1.54, 1.807) is 13.2 Å². The Hall–Kier alpha value is -3.46. The van der Waals surface area contributed by atoms with Gasteiger partial charge < -0.3 is 24.6 Å². The predicted octanol–water partition coefficient (Wildman–Crippen LogP) is 3.15. The number of methoxy groups -OCH3 is 1. The van der Waals surface area contributed by atoms with Gasteiger partial charge in [-0.25, -0.2) is 4.79 Å². The summed E-state index contributed by atoms with van der Waals surface area (Å²) in [6.45, 7) is 4.56. The van der Waals surface area contributed by atoms with E-state index in [1.807, 2.05) is 43.3 Å². The van der Waals surface area contributed by atoms with Crippen LogP contribution in [-0.4, -0.2) is 71.8 Å². The monoisotopic (exact) mass is 495 g/mol. The van der Waals surface area contributed by atoms with Crippen LogP contribution >= 0.6 is 0 Å². The number of carbonyl (C=O) groups excluding carboxylic acids is 2. The number of benzene rings is 2. The van der Waals surface area contributed by atoms with Crippen molar-refractivity contribution in [1.82, 2.24) is 15.1 Å². The highest BCUT2D eigenvalue weighted by atomic mass is 16.6. The first-order chi connectivity index (χ1) is 17.4. The minimum absolute atomic E-state index is 0.0360.